The molecule has 0 radical (unpaired) electrons. The van der Waals surface area contributed by atoms with Crippen LogP contribution in [0.2, 0.25) is 0 Å². The van der Waals surface area contributed by atoms with Crippen LogP contribution in [0, 0.1) is 11.8 Å². The Kier molecular flexibility index (Phi) is 8.26. The Morgan fingerprint density at radius 3 is 1.28 bits per heavy atom. The van der Waals surface area contributed by atoms with Crippen LogP contribution in [0.5, 0.6) is 0 Å². The third-order valence-electron chi connectivity index (χ3n) is 5.96. The van der Waals surface area contributed by atoms with E-state index in [1.807, 2.05) is 0 Å². The van der Waals surface area contributed by atoms with Crippen molar-refractivity contribution in [2.24, 2.45) is 31.8 Å². The molecule has 4 atom stereocenters. The van der Waals surface area contributed by atoms with Crippen molar-refractivity contribution in [3.63, 3.8) is 0 Å². The third-order valence-corrected chi connectivity index (χ3v) is 5.96. The molecule has 0 N–H and O–H groups in total. The Morgan fingerprint density at radius 1 is 0.719 bits per heavy atom. The Morgan fingerprint density at radius 2 is 1.06 bits per heavy atom. The van der Waals surface area contributed by atoms with Gasteiger partial charge in [-0.05, 0) is 11.8 Å². The molecule has 0 saturated carbocycles. The molecule has 32 heavy (non-hydrogen) atoms. The van der Waals surface area contributed by atoms with Crippen LogP contribution in [0.1, 0.15) is 40.5 Å². The van der Waals surface area contributed by atoms with Gasteiger partial charge in [0.25, 0.3) is 0 Å². The molecule has 0 aromatic rings. The molecule has 8 nitrogen and oxygen atoms in total. The van der Waals surface area contributed by atoms with E-state index in [2.05, 4.69) is 40.9 Å². The van der Waals surface area contributed by atoms with Gasteiger partial charge in [0.2, 0.25) is 23.6 Å². The summed E-state index contributed by atoms with van der Waals surface area (Å²) in [5, 5.41) is 0. The number of nitrogens with zero attached hydrogens (tertiary/aromatic N) is 4. The maximum atomic E-state index is 5.88. The Balaban J connectivity index is 2.95. The van der Waals surface area contributed by atoms with Crippen LogP contribution in [0.15, 0.2) is 45.3 Å². The van der Waals surface area contributed by atoms with Gasteiger partial charge in [0.05, 0.1) is 28.4 Å². The summed E-state index contributed by atoms with van der Waals surface area (Å²) in [7, 11) is 6.39. The van der Waals surface area contributed by atoms with Crippen molar-refractivity contribution in [2.45, 2.75) is 63.7 Å². The van der Waals surface area contributed by atoms with Gasteiger partial charge in [0, 0.05) is 12.8 Å². The van der Waals surface area contributed by atoms with E-state index in [1.54, 1.807) is 40.6 Å². The highest BCUT2D eigenvalue weighted by molar-refractivity contribution is 6.07. The molecule has 0 aromatic heterocycles. The van der Waals surface area contributed by atoms with Crippen LogP contribution < -0.4 is 0 Å². The maximum Gasteiger partial charge on any atom is 0.216 e. The number of aliphatic imine (C=N–C) groups is 4. The Labute approximate surface area is 192 Å². The van der Waals surface area contributed by atoms with Gasteiger partial charge in [0.15, 0.2) is 11.1 Å². The maximum absolute atomic E-state index is 5.88. The Hall–Kier alpha value is -2.64. The zero-order valence-corrected chi connectivity index (χ0v) is 20.7. The normalized spacial score (nSPS) is 30.1. The van der Waals surface area contributed by atoms with E-state index < -0.39 is 11.1 Å². The van der Waals surface area contributed by atoms with Crippen molar-refractivity contribution in [1.82, 2.24) is 0 Å². The predicted molar refractivity (Wildman–Crippen MR) is 130 cm³/mol. The average molecular weight is 447 g/mol. The van der Waals surface area contributed by atoms with Crippen LogP contribution in [0.25, 0.3) is 0 Å². The van der Waals surface area contributed by atoms with E-state index >= 15 is 0 Å². The topological polar surface area (TPSA) is 86.4 Å². The summed E-state index contributed by atoms with van der Waals surface area (Å²) in [4.78, 5) is 20.1. The number of rotatable bonds is 7. The summed E-state index contributed by atoms with van der Waals surface area (Å²) >= 11 is 0. The first kappa shape index (κ1) is 25.6. The van der Waals surface area contributed by atoms with Crippen LogP contribution in [-0.2, 0) is 18.9 Å². The van der Waals surface area contributed by atoms with Crippen molar-refractivity contribution in [2.75, 3.05) is 28.4 Å². The molecule has 0 amide bonds. The lowest BCUT2D eigenvalue weighted by Crippen LogP contribution is -2.66. The highest BCUT2D eigenvalue weighted by atomic mass is 16.5. The smallest absolute Gasteiger partial charge is 0.216 e. The standard InChI is InChI=1S/C24H38N4O4/c1-11-13-23(21(31-9)25-17(15(3)4)19(27-23)29-7)24(14-12-2)22(32-10)26-18(16(5)6)20(28-24)30-8/h11-12,15-18H,1-2,13-14H2,3-10H3/t17?,18?,23-,24-/m1/s1. The molecular formula is C24H38N4O4. The van der Waals surface area contributed by atoms with E-state index in [4.69, 9.17) is 38.9 Å². The van der Waals surface area contributed by atoms with Crippen LogP contribution >= 0.6 is 0 Å². The second kappa shape index (κ2) is 10.3. The van der Waals surface area contributed by atoms with Gasteiger partial charge in [0.1, 0.15) is 12.1 Å². The van der Waals surface area contributed by atoms with E-state index in [-0.39, 0.29) is 23.9 Å². The molecule has 8 heteroatoms. The molecule has 0 bridgehead atoms. The minimum atomic E-state index is -1.14. The van der Waals surface area contributed by atoms with Crippen LogP contribution in [0.3, 0.4) is 0 Å². The van der Waals surface area contributed by atoms with Crippen molar-refractivity contribution in [1.29, 1.82) is 0 Å². The van der Waals surface area contributed by atoms with Gasteiger partial charge in [-0.3, -0.25) is 0 Å². The molecule has 2 aliphatic rings. The summed E-state index contributed by atoms with van der Waals surface area (Å²) in [6.07, 6.45) is 4.27. The molecular weight excluding hydrogens is 408 g/mol. The molecule has 0 aromatic carbocycles. The van der Waals surface area contributed by atoms with E-state index in [1.165, 1.54) is 0 Å². The first-order valence-electron chi connectivity index (χ1n) is 11.0. The van der Waals surface area contributed by atoms with E-state index in [0.717, 1.165) is 0 Å². The lowest BCUT2D eigenvalue weighted by Gasteiger charge is -2.48. The van der Waals surface area contributed by atoms with Crippen molar-refractivity contribution < 1.29 is 18.9 Å². The SMILES string of the molecule is C=CC[C@@]1([C@]2(CC=C)N=C(OC)C(C(C)C)N=C2OC)N=C(OC)C(C(C)C)N=C1OC. The summed E-state index contributed by atoms with van der Waals surface area (Å²) in [5.41, 5.74) is -2.29. The fraction of sp³-hybridized carbons (Fsp3) is 0.667. The van der Waals surface area contributed by atoms with Gasteiger partial charge >= 0.3 is 0 Å². The fourth-order valence-electron chi connectivity index (χ4n) is 4.39. The van der Waals surface area contributed by atoms with Crippen LogP contribution in [0.4, 0.5) is 0 Å². The zero-order valence-electron chi connectivity index (χ0n) is 20.7. The number of hydrogen-bond donors (Lipinski definition) is 0. The molecule has 2 rings (SSSR count). The van der Waals surface area contributed by atoms with Gasteiger partial charge in [-0.25, -0.2) is 20.0 Å². The van der Waals surface area contributed by atoms with Crippen LogP contribution in [-0.4, -0.2) is 75.2 Å². The van der Waals surface area contributed by atoms with E-state index in [9.17, 15) is 0 Å². The minimum absolute atomic E-state index is 0.154. The lowest BCUT2D eigenvalue weighted by molar-refractivity contribution is 0.225. The first-order valence-corrected chi connectivity index (χ1v) is 11.0. The van der Waals surface area contributed by atoms with E-state index in [0.29, 0.717) is 36.4 Å². The number of methoxy groups -OCH3 is 4. The summed E-state index contributed by atoms with van der Waals surface area (Å²) in [6, 6.07) is -0.566. The molecule has 178 valence electrons. The summed E-state index contributed by atoms with van der Waals surface area (Å²) in [6.45, 7) is 16.2. The molecule has 2 heterocycles. The molecule has 0 saturated heterocycles. The van der Waals surface area contributed by atoms with Gasteiger partial charge in [-0.15, -0.1) is 13.2 Å². The van der Waals surface area contributed by atoms with Gasteiger partial charge in [-0.1, -0.05) is 39.8 Å². The zero-order chi connectivity index (χ0) is 24.1. The highest BCUT2D eigenvalue weighted by Crippen LogP contribution is 2.45. The second-order valence-electron chi connectivity index (χ2n) is 8.67. The monoisotopic (exact) mass is 446 g/mol. The van der Waals surface area contributed by atoms with Crippen molar-refractivity contribution in [3.05, 3.63) is 25.3 Å². The Bertz CT molecular complexity index is 762. The average Bonchev–Trinajstić information content (AvgIpc) is 2.78. The molecule has 0 aliphatic carbocycles. The fourth-order valence-corrected chi connectivity index (χ4v) is 4.39. The minimum Gasteiger partial charge on any atom is -0.483 e. The highest BCUT2D eigenvalue weighted by Gasteiger charge is 2.63. The predicted octanol–water partition coefficient (Wildman–Crippen LogP) is 3.87. The first-order chi connectivity index (χ1) is 15.2. The van der Waals surface area contributed by atoms with Crippen molar-refractivity contribution >= 4 is 23.6 Å². The molecule has 2 aliphatic heterocycles. The lowest BCUT2D eigenvalue weighted by atomic mass is 9.70. The quantitative estimate of drug-likeness (QED) is 0.556. The third kappa shape index (κ3) is 4.07. The van der Waals surface area contributed by atoms with Gasteiger partial charge in [-0.2, -0.15) is 0 Å². The summed E-state index contributed by atoms with van der Waals surface area (Å²) < 4.78 is 23.2. The second-order valence-corrected chi connectivity index (χ2v) is 8.67. The van der Waals surface area contributed by atoms with Gasteiger partial charge < -0.3 is 18.9 Å². The molecule has 2 unspecified atom stereocenters. The number of hydrogen-bond acceptors (Lipinski definition) is 8. The molecule has 0 spiro atoms. The summed E-state index contributed by atoms with van der Waals surface area (Å²) in [5.74, 6) is 2.15. The van der Waals surface area contributed by atoms with Crippen molar-refractivity contribution in [3.8, 4) is 0 Å². The number of ether oxygens (including phenoxy) is 4. The largest absolute Gasteiger partial charge is 0.483 e. The molecule has 0 fully saturated rings.